The highest BCUT2D eigenvalue weighted by Gasteiger charge is 2.45. The van der Waals surface area contributed by atoms with Crippen LogP contribution < -0.4 is 4.74 Å². The van der Waals surface area contributed by atoms with Gasteiger partial charge in [-0.1, -0.05) is 12.1 Å². The predicted octanol–water partition coefficient (Wildman–Crippen LogP) is 3.64. The maximum atomic E-state index is 12.9. The van der Waals surface area contributed by atoms with Crippen molar-refractivity contribution in [3.05, 3.63) is 65.2 Å². The van der Waals surface area contributed by atoms with Crippen molar-refractivity contribution in [1.29, 1.82) is 0 Å². The van der Waals surface area contributed by atoms with Crippen molar-refractivity contribution in [3.63, 3.8) is 0 Å². The summed E-state index contributed by atoms with van der Waals surface area (Å²) in [6.07, 6.45) is 0.530. The van der Waals surface area contributed by atoms with E-state index in [9.17, 15) is 19.8 Å². The third-order valence-corrected chi connectivity index (χ3v) is 4.97. The highest BCUT2D eigenvalue weighted by atomic mass is 16.5. The fraction of sp³-hybridized carbons (Fsp3) is 0.333. The fourth-order valence-corrected chi connectivity index (χ4v) is 3.65. The van der Waals surface area contributed by atoms with E-state index >= 15 is 0 Å². The molecule has 1 aliphatic rings. The van der Waals surface area contributed by atoms with Crippen molar-refractivity contribution in [2.24, 2.45) is 0 Å². The Balaban J connectivity index is 2.06. The Kier molecular flexibility index (Phi) is 6.97. The van der Waals surface area contributed by atoms with Crippen molar-refractivity contribution in [2.45, 2.75) is 32.4 Å². The second-order valence-electron chi connectivity index (χ2n) is 7.62. The van der Waals surface area contributed by atoms with Crippen LogP contribution in [0.1, 0.15) is 37.4 Å². The van der Waals surface area contributed by atoms with Crippen molar-refractivity contribution < 1.29 is 29.3 Å². The van der Waals surface area contributed by atoms with Gasteiger partial charge >= 0.3 is 0 Å². The number of carbonyl (C=O) groups is 2. The van der Waals surface area contributed by atoms with Gasteiger partial charge in [0.2, 0.25) is 0 Å². The van der Waals surface area contributed by atoms with Crippen molar-refractivity contribution in [2.75, 3.05) is 20.3 Å². The van der Waals surface area contributed by atoms with Gasteiger partial charge in [-0.15, -0.1) is 0 Å². The molecule has 7 nitrogen and oxygen atoms in total. The van der Waals surface area contributed by atoms with E-state index in [2.05, 4.69) is 0 Å². The molecule has 1 amide bonds. The van der Waals surface area contributed by atoms with E-state index in [4.69, 9.17) is 9.47 Å². The largest absolute Gasteiger partial charge is 0.508 e. The fourth-order valence-electron chi connectivity index (χ4n) is 3.65. The quantitative estimate of drug-likeness (QED) is 0.290. The van der Waals surface area contributed by atoms with Gasteiger partial charge in [-0.3, -0.25) is 9.59 Å². The van der Waals surface area contributed by atoms with Crippen LogP contribution in [0.25, 0.3) is 5.76 Å². The van der Waals surface area contributed by atoms with Gasteiger partial charge < -0.3 is 24.6 Å². The number of phenols is 1. The minimum atomic E-state index is -0.810. The number of ether oxygens (including phenoxy) is 2. The number of hydrogen-bond donors (Lipinski definition) is 2. The summed E-state index contributed by atoms with van der Waals surface area (Å²) in [5, 5.41) is 21.0. The number of likely N-dealkylation sites (tertiary alicyclic amines) is 1. The third kappa shape index (κ3) is 4.88. The summed E-state index contributed by atoms with van der Waals surface area (Å²) in [6.45, 7) is 4.52. The Hall–Kier alpha value is -3.32. The van der Waals surface area contributed by atoms with Crippen LogP contribution in [-0.2, 0) is 14.3 Å². The average molecular weight is 425 g/mol. The molecular weight excluding hydrogens is 398 g/mol. The van der Waals surface area contributed by atoms with Crippen LogP contribution in [0.3, 0.4) is 0 Å². The van der Waals surface area contributed by atoms with Crippen LogP contribution >= 0.6 is 0 Å². The molecule has 2 aromatic rings. The van der Waals surface area contributed by atoms with Crippen LogP contribution in [0.15, 0.2) is 54.1 Å². The number of aliphatic hydroxyl groups is 1. The molecule has 1 saturated heterocycles. The Morgan fingerprint density at radius 2 is 1.84 bits per heavy atom. The number of rotatable bonds is 8. The topological polar surface area (TPSA) is 96.3 Å². The van der Waals surface area contributed by atoms with Gasteiger partial charge in [-0.2, -0.15) is 0 Å². The van der Waals surface area contributed by atoms with Gasteiger partial charge in [0.25, 0.3) is 11.7 Å². The lowest BCUT2D eigenvalue weighted by molar-refractivity contribution is -0.140. The van der Waals surface area contributed by atoms with Crippen molar-refractivity contribution >= 4 is 17.4 Å². The van der Waals surface area contributed by atoms with E-state index in [1.165, 1.54) is 17.0 Å². The highest BCUT2D eigenvalue weighted by Crippen LogP contribution is 2.40. The molecule has 1 atom stereocenters. The maximum Gasteiger partial charge on any atom is 0.295 e. The summed E-state index contributed by atoms with van der Waals surface area (Å²) < 4.78 is 10.7. The van der Waals surface area contributed by atoms with Gasteiger partial charge in [0.15, 0.2) is 0 Å². The van der Waals surface area contributed by atoms with Crippen molar-refractivity contribution in [1.82, 2.24) is 4.90 Å². The summed E-state index contributed by atoms with van der Waals surface area (Å²) >= 11 is 0. The summed E-state index contributed by atoms with van der Waals surface area (Å²) in [7, 11) is 1.56. The Morgan fingerprint density at radius 3 is 2.45 bits per heavy atom. The Bertz CT molecular complexity index is 980. The lowest BCUT2D eigenvalue weighted by Gasteiger charge is -2.25. The summed E-state index contributed by atoms with van der Waals surface area (Å²) in [5.41, 5.74) is 0.930. The molecule has 0 spiro atoms. The molecule has 0 aliphatic carbocycles. The zero-order chi connectivity index (χ0) is 22.5. The first-order valence-corrected chi connectivity index (χ1v) is 10.2. The number of amides is 1. The zero-order valence-electron chi connectivity index (χ0n) is 17.9. The SMILES string of the molecule is COCCCN1C(=O)C(=O)/C(=C(\O)c2ccc(OC(C)C)cc2)C1c1cccc(O)c1. The molecule has 7 heteroatoms. The number of methoxy groups -OCH3 is 1. The molecule has 1 aliphatic heterocycles. The second kappa shape index (κ2) is 9.66. The first-order valence-electron chi connectivity index (χ1n) is 10.2. The molecule has 2 aromatic carbocycles. The summed E-state index contributed by atoms with van der Waals surface area (Å²) in [6, 6.07) is 12.2. The summed E-state index contributed by atoms with van der Waals surface area (Å²) in [5.74, 6) is -1.07. The number of ketones is 1. The Morgan fingerprint density at radius 1 is 1.13 bits per heavy atom. The molecule has 2 N–H and O–H groups in total. The highest BCUT2D eigenvalue weighted by molar-refractivity contribution is 6.46. The second-order valence-corrected chi connectivity index (χ2v) is 7.62. The van der Waals surface area contributed by atoms with Crippen molar-refractivity contribution in [3.8, 4) is 11.5 Å². The number of nitrogens with zero attached hydrogens (tertiary/aromatic N) is 1. The number of benzene rings is 2. The first kappa shape index (κ1) is 22.4. The molecule has 3 rings (SSSR count). The first-order chi connectivity index (χ1) is 14.8. The number of aromatic hydroxyl groups is 1. The predicted molar refractivity (Wildman–Crippen MR) is 116 cm³/mol. The monoisotopic (exact) mass is 425 g/mol. The average Bonchev–Trinajstić information content (AvgIpc) is 2.98. The molecule has 0 aromatic heterocycles. The zero-order valence-corrected chi connectivity index (χ0v) is 17.9. The van der Waals surface area contributed by atoms with Crippen LogP contribution in [0.4, 0.5) is 0 Å². The molecule has 0 bridgehead atoms. The standard InChI is InChI=1S/C24H27NO6/c1-15(2)31-19-10-8-16(9-11-19)22(27)20-21(17-6-4-7-18(26)14-17)25(12-5-13-30-3)24(29)23(20)28/h4,6-11,14-15,21,26-27H,5,12-13H2,1-3H3/b22-20-. The van der Waals surface area contributed by atoms with Gasteiger partial charge in [0, 0.05) is 25.8 Å². The molecule has 31 heavy (non-hydrogen) atoms. The molecule has 1 heterocycles. The molecule has 0 saturated carbocycles. The lowest BCUT2D eigenvalue weighted by atomic mass is 9.95. The van der Waals surface area contributed by atoms with Gasteiger partial charge in [0.05, 0.1) is 17.7 Å². The number of hydrogen-bond acceptors (Lipinski definition) is 6. The van der Waals surface area contributed by atoms with Crippen LogP contribution in [0.2, 0.25) is 0 Å². The molecule has 1 fully saturated rings. The minimum absolute atomic E-state index is 0.00244. The number of carbonyl (C=O) groups excluding carboxylic acids is 2. The molecule has 164 valence electrons. The number of phenolic OH excluding ortho intramolecular Hbond substituents is 1. The lowest BCUT2D eigenvalue weighted by Crippen LogP contribution is -2.31. The van der Waals surface area contributed by atoms with Gasteiger partial charge in [-0.05, 0) is 62.2 Å². The molecule has 1 unspecified atom stereocenters. The smallest absolute Gasteiger partial charge is 0.295 e. The molecular formula is C24H27NO6. The van der Waals surface area contributed by atoms with E-state index in [0.29, 0.717) is 29.9 Å². The number of aliphatic hydroxyl groups excluding tert-OH is 1. The van der Waals surface area contributed by atoms with E-state index in [0.717, 1.165) is 0 Å². The third-order valence-electron chi connectivity index (χ3n) is 4.97. The van der Waals surface area contributed by atoms with Gasteiger partial charge in [-0.25, -0.2) is 0 Å². The van der Waals surface area contributed by atoms with E-state index in [-0.39, 0.29) is 29.7 Å². The Labute approximate surface area is 181 Å². The van der Waals surface area contributed by atoms with Crippen LogP contribution in [0.5, 0.6) is 11.5 Å². The minimum Gasteiger partial charge on any atom is -0.508 e. The number of Topliss-reactive ketones (excluding diaryl/α,β-unsaturated/α-hetero) is 1. The van der Waals surface area contributed by atoms with E-state index < -0.39 is 17.7 Å². The van der Waals surface area contributed by atoms with E-state index in [1.807, 2.05) is 13.8 Å². The van der Waals surface area contributed by atoms with E-state index in [1.54, 1.807) is 43.5 Å². The van der Waals surface area contributed by atoms with Crippen LogP contribution in [-0.4, -0.2) is 53.2 Å². The maximum absolute atomic E-state index is 12.9. The van der Waals surface area contributed by atoms with Crippen LogP contribution in [0, 0.1) is 0 Å². The summed E-state index contributed by atoms with van der Waals surface area (Å²) in [4.78, 5) is 27.1. The molecule has 0 radical (unpaired) electrons. The van der Waals surface area contributed by atoms with Gasteiger partial charge in [0.1, 0.15) is 17.3 Å². The normalized spacial score (nSPS) is 18.1.